The highest BCUT2D eigenvalue weighted by atomic mass is 16.1. The van der Waals surface area contributed by atoms with Crippen LogP contribution in [0.4, 0.5) is 0 Å². The van der Waals surface area contributed by atoms with Crippen molar-refractivity contribution in [2.75, 3.05) is 20.1 Å². The van der Waals surface area contributed by atoms with Crippen molar-refractivity contribution < 1.29 is 4.79 Å². The summed E-state index contributed by atoms with van der Waals surface area (Å²) in [6, 6.07) is 8.60. The molecule has 1 aliphatic rings. The fourth-order valence-electron chi connectivity index (χ4n) is 2.63. The maximum Gasteiger partial charge on any atom is 0.134 e. The van der Waals surface area contributed by atoms with Gasteiger partial charge in [0, 0.05) is 13.0 Å². The molecule has 1 aromatic rings. The minimum absolute atomic E-state index is 0.232. The molecule has 17 heavy (non-hydrogen) atoms. The Bertz CT molecular complexity index is 382. The molecule has 1 atom stereocenters. The van der Waals surface area contributed by atoms with Crippen LogP contribution in [0.5, 0.6) is 0 Å². The SMILES string of the molecule is CC(=O)Cc1ccc(C2CCCN(C)C2)cc1. The Morgan fingerprint density at radius 2 is 2.06 bits per heavy atom. The largest absolute Gasteiger partial charge is 0.306 e. The molecular weight excluding hydrogens is 210 g/mol. The van der Waals surface area contributed by atoms with Gasteiger partial charge in [-0.1, -0.05) is 24.3 Å². The van der Waals surface area contributed by atoms with E-state index in [1.807, 2.05) is 0 Å². The number of nitrogens with zero attached hydrogens (tertiary/aromatic N) is 1. The van der Waals surface area contributed by atoms with Gasteiger partial charge < -0.3 is 4.90 Å². The van der Waals surface area contributed by atoms with Gasteiger partial charge in [-0.15, -0.1) is 0 Å². The molecule has 0 aliphatic carbocycles. The Balaban J connectivity index is 2.04. The smallest absolute Gasteiger partial charge is 0.134 e. The van der Waals surface area contributed by atoms with Gasteiger partial charge in [0.25, 0.3) is 0 Å². The molecule has 0 N–H and O–H groups in total. The highest BCUT2D eigenvalue weighted by molar-refractivity contribution is 5.78. The first kappa shape index (κ1) is 12.3. The van der Waals surface area contributed by atoms with Crippen molar-refractivity contribution in [1.82, 2.24) is 4.90 Å². The molecule has 1 saturated heterocycles. The van der Waals surface area contributed by atoms with E-state index in [0.29, 0.717) is 12.3 Å². The molecule has 1 heterocycles. The first-order chi connectivity index (χ1) is 8.15. The minimum Gasteiger partial charge on any atom is -0.306 e. The van der Waals surface area contributed by atoms with E-state index < -0.39 is 0 Å². The number of benzene rings is 1. The maximum atomic E-state index is 11.0. The number of carbonyl (C=O) groups is 1. The molecule has 0 radical (unpaired) electrons. The molecule has 1 aliphatic heterocycles. The predicted molar refractivity (Wildman–Crippen MR) is 70.3 cm³/mol. The zero-order valence-corrected chi connectivity index (χ0v) is 10.8. The average Bonchev–Trinajstić information content (AvgIpc) is 2.29. The lowest BCUT2D eigenvalue weighted by atomic mass is 9.90. The van der Waals surface area contributed by atoms with Crippen LogP contribution in [0.3, 0.4) is 0 Å². The van der Waals surface area contributed by atoms with Crippen LogP contribution in [0.15, 0.2) is 24.3 Å². The molecule has 1 aromatic carbocycles. The number of carbonyl (C=O) groups excluding carboxylic acids is 1. The third kappa shape index (κ3) is 3.40. The first-order valence-electron chi connectivity index (χ1n) is 6.42. The third-order valence-corrected chi connectivity index (χ3v) is 3.53. The molecule has 0 aromatic heterocycles. The summed E-state index contributed by atoms with van der Waals surface area (Å²) in [5, 5.41) is 0. The maximum absolute atomic E-state index is 11.0. The number of ketones is 1. The molecular formula is C15H21NO. The standard InChI is InChI=1S/C15H21NO/c1-12(17)10-13-5-7-14(8-6-13)15-4-3-9-16(2)11-15/h5-8,15H,3-4,9-11H2,1-2H3. The highest BCUT2D eigenvalue weighted by Crippen LogP contribution is 2.26. The number of hydrogen-bond acceptors (Lipinski definition) is 2. The van der Waals surface area contributed by atoms with Crippen molar-refractivity contribution in [3.63, 3.8) is 0 Å². The zero-order chi connectivity index (χ0) is 12.3. The van der Waals surface area contributed by atoms with E-state index in [0.717, 1.165) is 12.1 Å². The van der Waals surface area contributed by atoms with Crippen molar-refractivity contribution in [2.45, 2.75) is 32.1 Å². The lowest BCUT2D eigenvalue weighted by Gasteiger charge is -2.30. The van der Waals surface area contributed by atoms with E-state index in [-0.39, 0.29) is 5.78 Å². The van der Waals surface area contributed by atoms with Crippen LogP contribution >= 0.6 is 0 Å². The molecule has 0 saturated carbocycles. The lowest BCUT2D eigenvalue weighted by molar-refractivity contribution is -0.116. The van der Waals surface area contributed by atoms with Crippen LogP contribution in [0.2, 0.25) is 0 Å². The molecule has 0 amide bonds. The fourth-order valence-corrected chi connectivity index (χ4v) is 2.63. The van der Waals surface area contributed by atoms with Crippen molar-refractivity contribution in [1.29, 1.82) is 0 Å². The van der Waals surface area contributed by atoms with Crippen LogP contribution in [-0.4, -0.2) is 30.8 Å². The number of hydrogen-bond donors (Lipinski definition) is 0. The van der Waals surface area contributed by atoms with Crippen LogP contribution in [0.1, 0.15) is 36.8 Å². The quantitative estimate of drug-likeness (QED) is 0.797. The molecule has 1 fully saturated rings. The van der Waals surface area contributed by atoms with E-state index in [4.69, 9.17) is 0 Å². The van der Waals surface area contributed by atoms with Gasteiger partial charge in [0.05, 0.1) is 0 Å². The third-order valence-electron chi connectivity index (χ3n) is 3.53. The molecule has 0 spiro atoms. The minimum atomic E-state index is 0.232. The topological polar surface area (TPSA) is 20.3 Å². The number of likely N-dealkylation sites (tertiary alicyclic amines) is 1. The monoisotopic (exact) mass is 231 g/mol. The second-order valence-corrected chi connectivity index (χ2v) is 5.22. The Hall–Kier alpha value is -1.15. The van der Waals surface area contributed by atoms with Crippen molar-refractivity contribution in [3.8, 4) is 0 Å². The summed E-state index contributed by atoms with van der Waals surface area (Å²) in [6.45, 7) is 4.02. The number of Topliss-reactive ketones (excluding diaryl/α,β-unsaturated/α-hetero) is 1. The van der Waals surface area contributed by atoms with Gasteiger partial charge in [0.15, 0.2) is 0 Å². The molecule has 0 bridgehead atoms. The lowest BCUT2D eigenvalue weighted by Crippen LogP contribution is -2.30. The van der Waals surface area contributed by atoms with E-state index in [2.05, 4.69) is 36.2 Å². The van der Waals surface area contributed by atoms with Crippen LogP contribution in [0.25, 0.3) is 0 Å². The normalized spacial score (nSPS) is 21.4. The summed E-state index contributed by atoms with van der Waals surface area (Å²) in [5.74, 6) is 0.898. The second kappa shape index (κ2) is 5.46. The number of likely N-dealkylation sites (N-methyl/N-ethyl adjacent to an activating group) is 1. The van der Waals surface area contributed by atoms with Gasteiger partial charge in [-0.05, 0) is 50.4 Å². The number of rotatable bonds is 3. The van der Waals surface area contributed by atoms with Crippen LogP contribution in [-0.2, 0) is 11.2 Å². The predicted octanol–water partition coefficient (Wildman–Crippen LogP) is 2.63. The number of piperidine rings is 1. The second-order valence-electron chi connectivity index (χ2n) is 5.22. The highest BCUT2D eigenvalue weighted by Gasteiger charge is 2.18. The van der Waals surface area contributed by atoms with Crippen molar-refractivity contribution in [2.24, 2.45) is 0 Å². The summed E-state index contributed by atoms with van der Waals surface area (Å²) in [7, 11) is 2.19. The summed E-state index contributed by atoms with van der Waals surface area (Å²) < 4.78 is 0. The van der Waals surface area contributed by atoms with E-state index >= 15 is 0 Å². The summed E-state index contributed by atoms with van der Waals surface area (Å²) in [6.07, 6.45) is 3.14. The van der Waals surface area contributed by atoms with Gasteiger partial charge in [-0.3, -0.25) is 4.79 Å². The van der Waals surface area contributed by atoms with Crippen molar-refractivity contribution in [3.05, 3.63) is 35.4 Å². The van der Waals surface area contributed by atoms with Gasteiger partial charge in [-0.25, -0.2) is 0 Å². The average molecular weight is 231 g/mol. The van der Waals surface area contributed by atoms with E-state index in [1.165, 1.54) is 24.9 Å². The summed E-state index contributed by atoms with van der Waals surface area (Å²) >= 11 is 0. The Kier molecular flexibility index (Phi) is 3.95. The Morgan fingerprint density at radius 1 is 1.35 bits per heavy atom. The Morgan fingerprint density at radius 3 is 2.65 bits per heavy atom. The van der Waals surface area contributed by atoms with Crippen LogP contribution < -0.4 is 0 Å². The zero-order valence-electron chi connectivity index (χ0n) is 10.8. The van der Waals surface area contributed by atoms with E-state index in [9.17, 15) is 4.79 Å². The molecule has 2 nitrogen and oxygen atoms in total. The molecule has 1 unspecified atom stereocenters. The molecule has 92 valence electrons. The van der Waals surface area contributed by atoms with Gasteiger partial charge >= 0.3 is 0 Å². The van der Waals surface area contributed by atoms with Gasteiger partial charge in [0.1, 0.15) is 5.78 Å². The van der Waals surface area contributed by atoms with Gasteiger partial charge in [0.2, 0.25) is 0 Å². The van der Waals surface area contributed by atoms with Crippen molar-refractivity contribution >= 4 is 5.78 Å². The fraction of sp³-hybridized carbons (Fsp3) is 0.533. The van der Waals surface area contributed by atoms with Crippen LogP contribution in [0, 0.1) is 0 Å². The van der Waals surface area contributed by atoms with Gasteiger partial charge in [-0.2, -0.15) is 0 Å². The molecule has 2 heteroatoms. The summed E-state index contributed by atoms with van der Waals surface area (Å²) in [5.41, 5.74) is 2.55. The first-order valence-corrected chi connectivity index (χ1v) is 6.42. The molecule has 2 rings (SSSR count). The summed E-state index contributed by atoms with van der Waals surface area (Å²) in [4.78, 5) is 13.4. The van der Waals surface area contributed by atoms with E-state index in [1.54, 1.807) is 6.92 Å². The Labute approximate surface area is 104 Å².